The van der Waals surface area contributed by atoms with Crippen LogP contribution in [0.3, 0.4) is 0 Å². The smallest absolute Gasteiger partial charge is 0.237 e. The van der Waals surface area contributed by atoms with Crippen molar-refractivity contribution in [1.82, 2.24) is 20.2 Å². The van der Waals surface area contributed by atoms with Crippen LogP contribution in [-0.4, -0.2) is 37.9 Å². The number of hydrogen-bond acceptors (Lipinski definition) is 5. The SMILES string of the molecule is Cc1cccc(C)c1-n1nnnc1SCC(=O)N1c2ccccc2CCC1C. The van der Waals surface area contributed by atoms with Crippen molar-refractivity contribution in [3.8, 4) is 5.69 Å². The molecule has 0 radical (unpaired) electrons. The van der Waals surface area contributed by atoms with E-state index >= 15 is 0 Å². The minimum Gasteiger partial charge on any atom is -0.309 e. The second-order valence-electron chi connectivity index (χ2n) is 7.18. The van der Waals surface area contributed by atoms with Gasteiger partial charge in [0.2, 0.25) is 11.1 Å². The number of carbonyl (C=O) groups is 1. The van der Waals surface area contributed by atoms with E-state index < -0.39 is 0 Å². The molecule has 1 unspecified atom stereocenters. The number of carbonyl (C=O) groups excluding carboxylic acids is 1. The summed E-state index contributed by atoms with van der Waals surface area (Å²) in [6, 6.07) is 14.5. The van der Waals surface area contributed by atoms with Crippen molar-refractivity contribution in [1.29, 1.82) is 0 Å². The van der Waals surface area contributed by atoms with Gasteiger partial charge in [-0.25, -0.2) is 0 Å². The quantitative estimate of drug-likeness (QED) is 0.632. The van der Waals surface area contributed by atoms with Gasteiger partial charge in [-0.1, -0.05) is 48.2 Å². The summed E-state index contributed by atoms with van der Waals surface area (Å²) in [7, 11) is 0. The van der Waals surface area contributed by atoms with Gasteiger partial charge in [0, 0.05) is 11.7 Å². The van der Waals surface area contributed by atoms with E-state index in [0.717, 1.165) is 35.3 Å². The molecule has 2 heterocycles. The Morgan fingerprint density at radius 2 is 1.89 bits per heavy atom. The highest BCUT2D eigenvalue weighted by Crippen LogP contribution is 2.31. The van der Waals surface area contributed by atoms with Crippen molar-refractivity contribution in [3.05, 3.63) is 59.2 Å². The highest BCUT2D eigenvalue weighted by molar-refractivity contribution is 7.99. The van der Waals surface area contributed by atoms with E-state index in [4.69, 9.17) is 0 Å². The first-order valence-corrected chi connectivity index (χ1v) is 10.4. The fourth-order valence-corrected chi connectivity index (χ4v) is 4.55. The third-order valence-corrected chi connectivity index (χ3v) is 6.11. The van der Waals surface area contributed by atoms with Crippen LogP contribution in [0.4, 0.5) is 5.69 Å². The molecule has 0 fully saturated rings. The molecule has 0 saturated heterocycles. The summed E-state index contributed by atoms with van der Waals surface area (Å²) in [5.41, 5.74) is 5.43. The Kier molecular flexibility index (Phi) is 5.17. The molecule has 4 rings (SSSR count). The van der Waals surface area contributed by atoms with Crippen molar-refractivity contribution >= 4 is 23.4 Å². The largest absolute Gasteiger partial charge is 0.309 e. The summed E-state index contributed by atoms with van der Waals surface area (Å²) in [4.78, 5) is 15.0. The summed E-state index contributed by atoms with van der Waals surface area (Å²) >= 11 is 1.38. The zero-order valence-electron chi connectivity index (χ0n) is 16.3. The third-order valence-electron chi connectivity index (χ3n) is 5.21. The number of amides is 1. The number of benzene rings is 2. The number of para-hydroxylation sites is 2. The number of rotatable bonds is 4. The first kappa shape index (κ1) is 18.7. The van der Waals surface area contributed by atoms with Crippen molar-refractivity contribution in [2.75, 3.05) is 10.7 Å². The van der Waals surface area contributed by atoms with Crippen LogP contribution in [0.1, 0.15) is 30.0 Å². The Morgan fingerprint density at radius 3 is 2.68 bits per heavy atom. The Balaban J connectivity index is 1.55. The van der Waals surface area contributed by atoms with Crippen LogP contribution in [0.15, 0.2) is 47.6 Å². The lowest BCUT2D eigenvalue weighted by Crippen LogP contribution is -2.43. The molecule has 0 bridgehead atoms. The van der Waals surface area contributed by atoms with Crippen molar-refractivity contribution in [2.24, 2.45) is 0 Å². The molecular formula is C21H23N5OS. The predicted octanol–water partition coefficient (Wildman–Crippen LogP) is 3.74. The standard InChI is InChI=1S/C21H23N5OS/c1-14-7-6-8-15(2)20(14)26-21(22-23-24-26)28-13-19(27)25-16(3)11-12-17-9-4-5-10-18(17)25/h4-10,16H,11-13H2,1-3H3. The fourth-order valence-electron chi connectivity index (χ4n) is 3.81. The Morgan fingerprint density at radius 1 is 1.14 bits per heavy atom. The molecule has 0 spiro atoms. The molecule has 2 aromatic carbocycles. The summed E-state index contributed by atoms with van der Waals surface area (Å²) < 4.78 is 1.73. The fraction of sp³-hybridized carbons (Fsp3) is 0.333. The first-order valence-electron chi connectivity index (χ1n) is 9.44. The van der Waals surface area contributed by atoms with Crippen LogP contribution in [-0.2, 0) is 11.2 Å². The Bertz CT molecular complexity index is 995. The number of thioether (sulfide) groups is 1. The molecule has 1 atom stereocenters. The van der Waals surface area contributed by atoms with Gasteiger partial charge in [0.1, 0.15) is 0 Å². The van der Waals surface area contributed by atoms with Crippen LogP contribution in [0.25, 0.3) is 5.69 Å². The van der Waals surface area contributed by atoms with Crippen LogP contribution in [0.5, 0.6) is 0 Å². The van der Waals surface area contributed by atoms with Crippen LogP contribution in [0.2, 0.25) is 0 Å². The maximum Gasteiger partial charge on any atom is 0.237 e. The van der Waals surface area contributed by atoms with Gasteiger partial charge in [-0.3, -0.25) is 4.79 Å². The number of nitrogens with zero attached hydrogens (tertiary/aromatic N) is 5. The van der Waals surface area contributed by atoms with Gasteiger partial charge in [0.25, 0.3) is 0 Å². The molecule has 3 aromatic rings. The molecule has 1 aromatic heterocycles. The Hall–Kier alpha value is -2.67. The van der Waals surface area contributed by atoms with E-state index in [1.54, 1.807) is 4.68 Å². The minimum atomic E-state index is 0.0840. The van der Waals surface area contributed by atoms with E-state index in [0.29, 0.717) is 10.9 Å². The number of anilines is 1. The number of aromatic nitrogens is 4. The van der Waals surface area contributed by atoms with Crippen LogP contribution in [0, 0.1) is 13.8 Å². The first-order chi connectivity index (χ1) is 13.6. The second-order valence-corrected chi connectivity index (χ2v) is 8.13. The van der Waals surface area contributed by atoms with Gasteiger partial charge < -0.3 is 4.90 Å². The van der Waals surface area contributed by atoms with Crippen molar-refractivity contribution < 1.29 is 4.79 Å². The average Bonchev–Trinajstić information content (AvgIpc) is 3.14. The van der Waals surface area contributed by atoms with Gasteiger partial charge in [-0.2, -0.15) is 4.68 Å². The molecule has 0 N–H and O–H groups in total. The van der Waals surface area contributed by atoms with Crippen molar-refractivity contribution in [2.45, 2.75) is 44.8 Å². The van der Waals surface area contributed by atoms with Crippen molar-refractivity contribution in [3.63, 3.8) is 0 Å². The number of hydrogen-bond donors (Lipinski definition) is 0. The number of aryl methyl sites for hydroxylation is 3. The van der Waals surface area contributed by atoms with E-state index in [9.17, 15) is 4.79 Å². The third kappa shape index (κ3) is 3.42. The second kappa shape index (κ2) is 7.75. The lowest BCUT2D eigenvalue weighted by molar-refractivity contribution is -0.116. The molecule has 0 saturated carbocycles. The summed E-state index contributed by atoms with van der Waals surface area (Å²) in [6.45, 7) is 6.19. The molecule has 1 amide bonds. The molecular weight excluding hydrogens is 370 g/mol. The molecule has 7 heteroatoms. The van der Waals surface area contributed by atoms with Crippen LogP contribution < -0.4 is 4.90 Å². The van der Waals surface area contributed by atoms with Gasteiger partial charge in [-0.15, -0.1) is 5.10 Å². The lowest BCUT2D eigenvalue weighted by Gasteiger charge is -2.35. The monoisotopic (exact) mass is 393 g/mol. The topological polar surface area (TPSA) is 63.9 Å². The lowest BCUT2D eigenvalue weighted by atomic mass is 9.97. The highest BCUT2D eigenvalue weighted by Gasteiger charge is 2.28. The zero-order valence-corrected chi connectivity index (χ0v) is 17.1. The molecule has 28 heavy (non-hydrogen) atoms. The van der Waals surface area contributed by atoms with Gasteiger partial charge >= 0.3 is 0 Å². The molecule has 6 nitrogen and oxygen atoms in total. The average molecular weight is 394 g/mol. The van der Waals surface area contributed by atoms with Gasteiger partial charge in [-0.05, 0) is 66.8 Å². The number of tetrazole rings is 1. The van der Waals surface area contributed by atoms with Gasteiger partial charge in [0.05, 0.1) is 11.4 Å². The maximum atomic E-state index is 13.1. The summed E-state index contributed by atoms with van der Waals surface area (Å²) in [5.74, 6) is 0.380. The van der Waals surface area contributed by atoms with E-state index in [1.165, 1.54) is 17.3 Å². The van der Waals surface area contributed by atoms with E-state index in [-0.39, 0.29) is 11.9 Å². The zero-order chi connectivity index (χ0) is 19.7. The minimum absolute atomic E-state index is 0.0840. The van der Waals surface area contributed by atoms with E-state index in [2.05, 4.69) is 28.5 Å². The Labute approximate surface area is 168 Å². The predicted molar refractivity (Wildman–Crippen MR) is 111 cm³/mol. The molecule has 0 aliphatic carbocycles. The molecule has 1 aliphatic heterocycles. The molecule has 1 aliphatic rings. The van der Waals surface area contributed by atoms with Crippen LogP contribution >= 0.6 is 11.8 Å². The normalized spacial score (nSPS) is 16.1. The van der Waals surface area contributed by atoms with E-state index in [1.807, 2.05) is 55.1 Å². The highest BCUT2D eigenvalue weighted by atomic mass is 32.2. The maximum absolute atomic E-state index is 13.1. The molecule has 144 valence electrons. The summed E-state index contributed by atoms with van der Waals surface area (Å²) in [5, 5.41) is 12.8. The van der Waals surface area contributed by atoms with Gasteiger partial charge in [0.15, 0.2) is 0 Å². The summed E-state index contributed by atoms with van der Waals surface area (Å²) in [6.07, 6.45) is 1.99. The number of fused-ring (bicyclic) bond motifs is 1.